The SMILES string of the molecule is C=COC(OCc1ccccc1)c1ccccc1. The molecule has 0 aromatic heterocycles. The van der Waals surface area contributed by atoms with Gasteiger partial charge in [0.2, 0.25) is 6.29 Å². The van der Waals surface area contributed by atoms with Crippen LogP contribution in [0.5, 0.6) is 0 Å². The van der Waals surface area contributed by atoms with E-state index in [0.717, 1.165) is 11.1 Å². The van der Waals surface area contributed by atoms with E-state index in [1.807, 2.05) is 60.7 Å². The third-order valence-corrected chi connectivity index (χ3v) is 2.54. The van der Waals surface area contributed by atoms with E-state index in [1.165, 1.54) is 6.26 Å². The van der Waals surface area contributed by atoms with Crippen LogP contribution in [0.25, 0.3) is 0 Å². The Hall–Kier alpha value is -2.06. The number of ether oxygens (including phenoxy) is 2. The number of rotatable bonds is 6. The first-order valence-corrected chi connectivity index (χ1v) is 5.87. The molecule has 2 nitrogen and oxygen atoms in total. The molecule has 0 bridgehead atoms. The van der Waals surface area contributed by atoms with Gasteiger partial charge in [0.05, 0.1) is 12.9 Å². The Morgan fingerprint density at radius 1 is 0.944 bits per heavy atom. The monoisotopic (exact) mass is 240 g/mol. The second-order valence-electron chi connectivity index (χ2n) is 3.84. The summed E-state index contributed by atoms with van der Waals surface area (Å²) in [6.45, 7) is 4.09. The molecule has 0 amide bonds. The topological polar surface area (TPSA) is 18.5 Å². The molecule has 0 aliphatic heterocycles. The van der Waals surface area contributed by atoms with Gasteiger partial charge in [-0.25, -0.2) is 0 Å². The Bertz CT molecular complexity index is 465. The van der Waals surface area contributed by atoms with Crippen molar-refractivity contribution in [1.82, 2.24) is 0 Å². The van der Waals surface area contributed by atoms with Crippen LogP contribution in [0, 0.1) is 0 Å². The lowest BCUT2D eigenvalue weighted by molar-refractivity contribution is -0.118. The predicted octanol–water partition coefficient (Wildman–Crippen LogP) is 4.06. The second kappa shape index (κ2) is 6.62. The Balaban J connectivity index is 2.01. The van der Waals surface area contributed by atoms with Crippen molar-refractivity contribution in [3.63, 3.8) is 0 Å². The van der Waals surface area contributed by atoms with Crippen LogP contribution in [-0.4, -0.2) is 0 Å². The van der Waals surface area contributed by atoms with Gasteiger partial charge in [-0.1, -0.05) is 67.2 Å². The van der Waals surface area contributed by atoms with Gasteiger partial charge in [0.25, 0.3) is 0 Å². The summed E-state index contributed by atoms with van der Waals surface area (Å²) in [6.07, 6.45) is 0.992. The van der Waals surface area contributed by atoms with E-state index in [9.17, 15) is 0 Å². The Morgan fingerprint density at radius 2 is 1.56 bits per heavy atom. The highest BCUT2D eigenvalue weighted by Crippen LogP contribution is 2.20. The molecular weight excluding hydrogens is 224 g/mol. The van der Waals surface area contributed by atoms with Crippen molar-refractivity contribution in [3.8, 4) is 0 Å². The molecule has 0 aliphatic rings. The molecule has 1 unspecified atom stereocenters. The first kappa shape index (κ1) is 12.4. The van der Waals surface area contributed by atoms with Crippen molar-refractivity contribution < 1.29 is 9.47 Å². The highest BCUT2D eigenvalue weighted by Gasteiger charge is 2.11. The minimum Gasteiger partial charge on any atom is -0.469 e. The molecule has 0 N–H and O–H groups in total. The van der Waals surface area contributed by atoms with Crippen molar-refractivity contribution in [3.05, 3.63) is 84.6 Å². The Labute approximate surface area is 107 Å². The second-order valence-corrected chi connectivity index (χ2v) is 3.84. The molecular formula is C16H16O2. The highest BCUT2D eigenvalue weighted by molar-refractivity contribution is 5.17. The van der Waals surface area contributed by atoms with Gasteiger partial charge in [-0.3, -0.25) is 0 Å². The molecule has 2 aromatic rings. The molecule has 0 saturated carbocycles. The van der Waals surface area contributed by atoms with E-state index in [1.54, 1.807) is 0 Å². The van der Waals surface area contributed by atoms with E-state index in [-0.39, 0.29) is 0 Å². The van der Waals surface area contributed by atoms with Gasteiger partial charge in [-0.05, 0) is 5.56 Å². The van der Waals surface area contributed by atoms with Crippen LogP contribution >= 0.6 is 0 Å². The van der Waals surface area contributed by atoms with Crippen LogP contribution in [0.2, 0.25) is 0 Å². The number of hydrogen-bond acceptors (Lipinski definition) is 2. The largest absolute Gasteiger partial charge is 0.469 e. The van der Waals surface area contributed by atoms with Crippen molar-refractivity contribution >= 4 is 0 Å². The fourth-order valence-corrected chi connectivity index (χ4v) is 1.66. The summed E-state index contributed by atoms with van der Waals surface area (Å²) in [7, 11) is 0. The maximum atomic E-state index is 5.76. The summed E-state index contributed by atoms with van der Waals surface area (Å²) in [6, 6.07) is 19.8. The third-order valence-electron chi connectivity index (χ3n) is 2.54. The van der Waals surface area contributed by atoms with Gasteiger partial charge in [0.15, 0.2) is 0 Å². The first-order chi connectivity index (χ1) is 8.90. The van der Waals surface area contributed by atoms with Crippen LogP contribution in [0.4, 0.5) is 0 Å². The maximum absolute atomic E-state index is 5.76. The molecule has 0 heterocycles. The lowest BCUT2D eigenvalue weighted by Gasteiger charge is -2.17. The Morgan fingerprint density at radius 3 is 2.17 bits per heavy atom. The van der Waals surface area contributed by atoms with E-state index in [0.29, 0.717) is 6.61 Å². The van der Waals surface area contributed by atoms with Gasteiger partial charge in [0.1, 0.15) is 0 Å². The summed E-state index contributed by atoms with van der Waals surface area (Å²) in [5, 5.41) is 0. The average molecular weight is 240 g/mol. The summed E-state index contributed by atoms with van der Waals surface area (Å²) in [4.78, 5) is 0. The van der Waals surface area contributed by atoms with Crippen molar-refractivity contribution in [2.75, 3.05) is 0 Å². The smallest absolute Gasteiger partial charge is 0.226 e. The van der Waals surface area contributed by atoms with Crippen molar-refractivity contribution in [1.29, 1.82) is 0 Å². The van der Waals surface area contributed by atoms with E-state index in [2.05, 4.69) is 6.58 Å². The number of hydrogen-bond donors (Lipinski definition) is 0. The summed E-state index contributed by atoms with van der Waals surface area (Å²) in [5.41, 5.74) is 2.10. The van der Waals surface area contributed by atoms with Crippen molar-refractivity contribution in [2.45, 2.75) is 12.9 Å². The van der Waals surface area contributed by atoms with Crippen LogP contribution in [0.3, 0.4) is 0 Å². The standard InChI is InChI=1S/C16H16O2/c1-2-17-16(15-11-7-4-8-12-15)18-13-14-9-5-3-6-10-14/h2-12,16H,1,13H2. The predicted molar refractivity (Wildman–Crippen MR) is 71.7 cm³/mol. The molecule has 18 heavy (non-hydrogen) atoms. The zero-order valence-corrected chi connectivity index (χ0v) is 10.2. The summed E-state index contributed by atoms with van der Waals surface area (Å²) < 4.78 is 11.2. The molecule has 92 valence electrons. The van der Waals surface area contributed by atoms with Crippen LogP contribution in [0.15, 0.2) is 73.5 Å². The van der Waals surface area contributed by atoms with Gasteiger partial charge < -0.3 is 9.47 Å². The van der Waals surface area contributed by atoms with Gasteiger partial charge in [-0.15, -0.1) is 0 Å². The first-order valence-electron chi connectivity index (χ1n) is 5.87. The van der Waals surface area contributed by atoms with E-state index in [4.69, 9.17) is 9.47 Å². The fraction of sp³-hybridized carbons (Fsp3) is 0.125. The third kappa shape index (κ3) is 3.47. The van der Waals surface area contributed by atoms with E-state index >= 15 is 0 Å². The quantitative estimate of drug-likeness (QED) is 0.560. The van der Waals surface area contributed by atoms with Crippen molar-refractivity contribution in [2.24, 2.45) is 0 Å². The van der Waals surface area contributed by atoms with Gasteiger partial charge in [0, 0.05) is 5.56 Å². The highest BCUT2D eigenvalue weighted by atomic mass is 16.7. The number of benzene rings is 2. The normalized spacial score (nSPS) is 11.8. The molecule has 0 aliphatic carbocycles. The fourth-order valence-electron chi connectivity index (χ4n) is 1.66. The molecule has 2 rings (SSSR count). The molecule has 0 radical (unpaired) electrons. The lowest BCUT2D eigenvalue weighted by Crippen LogP contribution is -2.06. The van der Waals surface area contributed by atoms with Crippen LogP contribution < -0.4 is 0 Å². The minimum atomic E-state index is -0.413. The molecule has 2 aromatic carbocycles. The van der Waals surface area contributed by atoms with Gasteiger partial charge in [-0.2, -0.15) is 0 Å². The summed E-state index contributed by atoms with van der Waals surface area (Å²) >= 11 is 0. The van der Waals surface area contributed by atoms with Crippen LogP contribution in [0.1, 0.15) is 17.4 Å². The maximum Gasteiger partial charge on any atom is 0.226 e. The summed E-state index contributed by atoms with van der Waals surface area (Å²) in [5.74, 6) is 0. The zero-order valence-electron chi connectivity index (χ0n) is 10.2. The minimum absolute atomic E-state index is 0.413. The van der Waals surface area contributed by atoms with Gasteiger partial charge >= 0.3 is 0 Å². The van der Waals surface area contributed by atoms with E-state index < -0.39 is 6.29 Å². The lowest BCUT2D eigenvalue weighted by atomic mass is 10.2. The zero-order chi connectivity index (χ0) is 12.6. The molecule has 0 saturated heterocycles. The average Bonchev–Trinajstić information content (AvgIpc) is 2.45. The van der Waals surface area contributed by atoms with Crippen LogP contribution in [-0.2, 0) is 16.1 Å². The molecule has 1 atom stereocenters. The molecule has 0 spiro atoms. The molecule has 2 heteroatoms. The Kier molecular flexibility index (Phi) is 4.56. The molecule has 0 fully saturated rings.